The van der Waals surface area contributed by atoms with E-state index >= 15 is 0 Å². The topological polar surface area (TPSA) is 75.9 Å². The summed E-state index contributed by atoms with van der Waals surface area (Å²) in [6, 6.07) is 6.50. The monoisotopic (exact) mass is 335 g/mol. The van der Waals surface area contributed by atoms with Crippen LogP contribution in [0.4, 0.5) is 0 Å². The Kier molecular flexibility index (Phi) is 4.54. The van der Waals surface area contributed by atoms with Crippen LogP contribution in [-0.2, 0) is 9.53 Å². The first-order valence-corrected chi connectivity index (χ1v) is 7.89. The van der Waals surface area contributed by atoms with Gasteiger partial charge in [0.05, 0.1) is 18.8 Å². The molecule has 2 fully saturated rings. The van der Waals surface area contributed by atoms with Gasteiger partial charge in [-0.3, -0.25) is 14.5 Å². The predicted octanol–water partition coefficient (Wildman–Crippen LogP) is 1.22. The summed E-state index contributed by atoms with van der Waals surface area (Å²) in [5.41, 5.74) is 7.09. The first kappa shape index (κ1) is 15.8. The van der Waals surface area contributed by atoms with Crippen LogP contribution in [0.2, 0.25) is 5.02 Å². The van der Waals surface area contributed by atoms with Gasteiger partial charge in [-0.1, -0.05) is 11.6 Å². The van der Waals surface area contributed by atoms with Crippen molar-refractivity contribution in [2.45, 2.75) is 6.42 Å². The number of imide groups is 1. The van der Waals surface area contributed by atoms with Crippen LogP contribution in [-0.4, -0.2) is 54.5 Å². The molecule has 0 aromatic heterocycles. The smallest absolute Gasteiger partial charge is 0.260 e. The largest absolute Gasteiger partial charge is 0.385 e. The van der Waals surface area contributed by atoms with E-state index in [0.29, 0.717) is 61.2 Å². The van der Waals surface area contributed by atoms with Crippen LogP contribution in [0, 0.1) is 0 Å². The van der Waals surface area contributed by atoms with Gasteiger partial charge in [0.15, 0.2) is 0 Å². The van der Waals surface area contributed by atoms with Gasteiger partial charge in [0.2, 0.25) is 0 Å². The third-order valence-corrected chi connectivity index (χ3v) is 4.34. The standard InChI is InChI=1S/C16H18ClN3O3/c17-12-3-1-11(2-4-12)15(21)20-6-5-13(16(20)22)14(18)19-7-9-23-10-8-19/h1-4H,5-10,18H2/b14-13+. The van der Waals surface area contributed by atoms with Crippen molar-refractivity contribution < 1.29 is 14.3 Å². The van der Waals surface area contributed by atoms with Crippen molar-refractivity contribution in [3.05, 3.63) is 46.2 Å². The zero-order valence-electron chi connectivity index (χ0n) is 12.6. The Morgan fingerprint density at radius 3 is 2.43 bits per heavy atom. The lowest BCUT2D eigenvalue weighted by Gasteiger charge is -2.29. The number of ether oxygens (including phenoxy) is 1. The maximum absolute atomic E-state index is 12.6. The number of carbonyl (C=O) groups excluding carboxylic acids is 2. The lowest BCUT2D eigenvalue weighted by molar-refractivity contribution is -0.122. The lowest BCUT2D eigenvalue weighted by Crippen LogP contribution is -2.40. The molecule has 2 amide bonds. The second-order valence-electron chi connectivity index (χ2n) is 5.48. The van der Waals surface area contributed by atoms with Crippen molar-refractivity contribution >= 4 is 23.4 Å². The van der Waals surface area contributed by atoms with Gasteiger partial charge < -0.3 is 15.4 Å². The van der Waals surface area contributed by atoms with Gasteiger partial charge in [0.1, 0.15) is 5.82 Å². The van der Waals surface area contributed by atoms with Gasteiger partial charge >= 0.3 is 0 Å². The van der Waals surface area contributed by atoms with Crippen LogP contribution in [0.25, 0.3) is 0 Å². The van der Waals surface area contributed by atoms with E-state index in [9.17, 15) is 9.59 Å². The van der Waals surface area contributed by atoms with Gasteiger partial charge in [-0.25, -0.2) is 0 Å². The minimum Gasteiger partial charge on any atom is -0.385 e. The maximum Gasteiger partial charge on any atom is 0.260 e. The lowest BCUT2D eigenvalue weighted by atomic mass is 10.2. The van der Waals surface area contributed by atoms with Crippen LogP contribution in [0.5, 0.6) is 0 Å². The summed E-state index contributed by atoms with van der Waals surface area (Å²) in [4.78, 5) is 28.2. The normalized spacial score (nSPS) is 20.8. The molecule has 0 atom stereocenters. The summed E-state index contributed by atoms with van der Waals surface area (Å²) in [5, 5.41) is 0.548. The van der Waals surface area contributed by atoms with Crippen LogP contribution in [0.1, 0.15) is 16.8 Å². The second-order valence-corrected chi connectivity index (χ2v) is 5.92. The number of likely N-dealkylation sites (tertiary alicyclic amines) is 1. The van der Waals surface area contributed by atoms with Crippen molar-refractivity contribution in [2.24, 2.45) is 5.73 Å². The fraction of sp³-hybridized carbons (Fsp3) is 0.375. The number of hydrogen-bond acceptors (Lipinski definition) is 5. The fourth-order valence-corrected chi connectivity index (χ4v) is 2.90. The van der Waals surface area contributed by atoms with Gasteiger partial charge in [0.25, 0.3) is 11.8 Å². The molecule has 3 rings (SSSR count). The van der Waals surface area contributed by atoms with Crippen molar-refractivity contribution in [3.63, 3.8) is 0 Å². The first-order chi connectivity index (χ1) is 11.1. The quantitative estimate of drug-likeness (QED) is 0.649. The number of nitrogens with two attached hydrogens (primary N) is 1. The highest BCUT2D eigenvalue weighted by Gasteiger charge is 2.34. The van der Waals surface area contributed by atoms with Crippen molar-refractivity contribution in [3.8, 4) is 0 Å². The van der Waals surface area contributed by atoms with E-state index in [1.165, 1.54) is 4.90 Å². The highest BCUT2D eigenvalue weighted by atomic mass is 35.5. The summed E-state index contributed by atoms with van der Waals surface area (Å²) in [6.07, 6.45) is 0.474. The van der Waals surface area contributed by atoms with E-state index in [0.717, 1.165) is 0 Å². The Balaban J connectivity index is 1.78. The molecule has 0 aliphatic carbocycles. The molecule has 0 saturated carbocycles. The number of carbonyl (C=O) groups is 2. The van der Waals surface area contributed by atoms with Gasteiger partial charge in [-0.15, -0.1) is 0 Å². The number of benzene rings is 1. The molecule has 2 saturated heterocycles. The molecule has 2 N–H and O–H groups in total. The number of rotatable bonds is 2. The molecule has 0 spiro atoms. The number of amides is 2. The van der Waals surface area contributed by atoms with E-state index in [1.807, 2.05) is 4.90 Å². The molecular formula is C16H18ClN3O3. The second kappa shape index (κ2) is 6.60. The number of halogens is 1. The molecule has 1 aromatic rings. The summed E-state index contributed by atoms with van der Waals surface area (Å²) in [7, 11) is 0. The van der Waals surface area contributed by atoms with Crippen LogP contribution in [0.3, 0.4) is 0 Å². The van der Waals surface area contributed by atoms with Crippen LogP contribution in [0.15, 0.2) is 35.7 Å². The molecule has 2 heterocycles. The predicted molar refractivity (Wildman–Crippen MR) is 85.7 cm³/mol. The molecule has 2 aliphatic heterocycles. The van der Waals surface area contributed by atoms with E-state index in [-0.39, 0.29) is 11.8 Å². The van der Waals surface area contributed by atoms with E-state index in [2.05, 4.69) is 0 Å². The summed E-state index contributed by atoms with van der Waals surface area (Å²) in [5.74, 6) is -0.171. The Hall–Kier alpha value is -2.05. The molecule has 0 unspecified atom stereocenters. The zero-order chi connectivity index (χ0) is 16.4. The average Bonchev–Trinajstić information content (AvgIpc) is 2.96. The van der Waals surface area contributed by atoms with Crippen molar-refractivity contribution in [1.82, 2.24) is 9.80 Å². The number of morpholine rings is 1. The Labute approximate surface area is 139 Å². The van der Waals surface area contributed by atoms with Gasteiger partial charge in [-0.05, 0) is 30.7 Å². The highest BCUT2D eigenvalue weighted by molar-refractivity contribution is 6.30. The summed E-state index contributed by atoms with van der Waals surface area (Å²) >= 11 is 5.82. The van der Waals surface area contributed by atoms with Crippen molar-refractivity contribution in [2.75, 3.05) is 32.8 Å². The first-order valence-electron chi connectivity index (χ1n) is 7.51. The zero-order valence-corrected chi connectivity index (χ0v) is 13.4. The molecule has 0 radical (unpaired) electrons. The van der Waals surface area contributed by atoms with Crippen LogP contribution < -0.4 is 5.73 Å². The number of nitrogens with zero attached hydrogens (tertiary/aromatic N) is 2. The summed E-state index contributed by atoms with van der Waals surface area (Å²) < 4.78 is 5.29. The molecular weight excluding hydrogens is 318 g/mol. The fourth-order valence-electron chi connectivity index (χ4n) is 2.77. The van der Waals surface area contributed by atoms with Gasteiger partial charge in [-0.2, -0.15) is 0 Å². The van der Waals surface area contributed by atoms with E-state index in [1.54, 1.807) is 24.3 Å². The van der Waals surface area contributed by atoms with E-state index in [4.69, 9.17) is 22.1 Å². The van der Waals surface area contributed by atoms with Crippen molar-refractivity contribution in [1.29, 1.82) is 0 Å². The average molecular weight is 336 g/mol. The minimum atomic E-state index is -0.323. The molecule has 122 valence electrons. The molecule has 2 aliphatic rings. The SMILES string of the molecule is N/C(=C1/CCN(C(=O)c2ccc(Cl)cc2)C1=O)N1CCOCC1. The third-order valence-electron chi connectivity index (χ3n) is 4.09. The van der Waals surface area contributed by atoms with E-state index < -0.39 is 0 Å². The molecule has 6 nitrogen and oxygen atoms in total. The summed E-state index contributed by atoms with van der Waals surface area (Å²) in [6.45, 7) is 2.85. The van der Waals surface area contributed by atoms with Crippen LogP contribution >= 0.6 is 11.6 Å². The molecule has 1 aromatic carbocycles. The molecule has 7 heteroatoms. The Bertz CT molecular complexity index is 651. The third kappa shape index (κ3) is 3.18. The highest BCUT2D eigenvalue weighted by Crippen LogP contribution is 2.23. The Morgan fingerprint density at radius 2 is 1.78 bits per heavy atom. The number of hydrogen-bond donors (Lipinski definition) is 1. The molecule has 23 heavy (non-hydrogen) atoms. The maximum atomic E-state index is 12.6. The minimum absolute atomic E-state index is 0.311. The van der Waals surface area contributed by atoms with Gasteiger partial charge in [0, 0.05) is 30.2 Å². The Morgan fingerprint density at radius 1 is 1.13 bits per heavy atom. The molecule has 0 bridgehead atoms.